The van der Waals surface area contributed by atoms with Gasteiger partial charge in [-0.3, -0.25) is 4.79 Å². The molecule has 0 aromatic heterocycles. The van der Waals surface area contributed by atoms with Crippen LogP contribution in [-0.4, -0.2) is 36.6 Å². The minimum absolute atomic E-state index is 0.00646. The fourth-order valence-electron chi connectivity index (χ4n) is 1.81. The van der Waals surface area contributed by atoms with Crippen LogP contribution in [0.4, 0.5) is 0 Å². The Morgan fingerprint density at radius 1 is 1.04 bits per heavy atom. The monoisotopic (exact) mass is 316 g/mol. The number of hydrazone groups is 1. The summed E-state index contributed by atoms with van der Waals surface area (Å²) in [6, 6.07) is 8.89. The molecule has 0 aliphatic rings. The van der Waals surface area contributed by atoms with E-state index in [2.05, 4.69) is 10.5 Å². The SMILES string of the molecule is COc1ccc(O)c(C=NNC(=O)c2cc(OC)ccc2O)c1. The maximum atomic E-state index is 12.0. The van der Waals surface area contributed by atoms with E-state index in [0.717, 1.165) is 0 Å². The van der Waals surface area contributed by atoms with Crippen LogP contribution in [0.1, 0.15) is 15.9 Å². The van der Waals surface area contributed by atoms with Crippen LogP contribution < -0.4 is 14.9 Å². The lowest BCUT2D eigenvalue weighted by molar-refractivity contribution is 0.0952. The number of methoxy groups -OCH3 is 2. The number of amides is 1. The first-order valence-electron chi connectivity index (χ1n) is 6.62. The molecule has 7 nitrogen and oxygen atoms in total. The second-order valence-corrected chi connectivity index (χ2v) is 4.51. The molecule has 0 aliphatic carbocycles. The van der Waals surface area contributed by atoms with Gasteiger partial charge in [-0.25, -0.2) is 5.43 Å². The maximum absolute atomic E-state index is 12.0. The largest absolute Gasteiger partial charge is 0.507 e. The highest BCUT2D eigenvalue weighted by Gasteiger charge is 2.11. The van der Waals surface area contributed by atoms with E-state index in [1.54, 1.807) is 12.1 Å². The number of hydrogen-bond acceptors (Lipinski definition) is 6. The summed E-state index contributed by atoms with van der Waals surface area (Å²) in [4.78, 5) is 12.0. The molecular formula is C16H16N2O5. The number of nitrogens with zero attached hydrogens (tertiary/aromatic N) is 1. The maximum Gasteiger partial charge on any atom is 0.275 e. The number of ether oxygens (including phenoxy) is 2. The molecule has 23 heavy (non-hydrogen) atoms. The first-order chi connectivity index (χ1) is 11.0. The third-order valence-corrected chi connectivity index (χ3v) is 3.05. The Balaban J connectivity index is 2.13. The van der Waals surface area contributed by atoms with Crippen LogP contribution >= 0.6 is 0 Å². The van der Waals surface area contributed by atoms with Crippen LogP contribution in [0.25, 0.3) is 0 Å². The van der Waals surface area contributed by atoms with E-state index in [4.69, 9.17) is 9.47 Å². The summed E-state index contributed by atoms with van der Waals surface area (Å²) in [5.74, 6) is 0.166. The van der Waals surface area contributed by atoms with E-state index in [0.29, 0.717) is 17.1 Å². The Hall–Kier alpha value is -3.22. The number of phenolic OH excluding ortho intramolecular Hbond substituents is 2. The number of hydrogen-bond donors (Lipinski definition) is 3. The van der Waals surface area contributed by atoms with Crippen molar-refractivity contribution in [2.45, 2.75) is 0 Å². The minimum atomic E-state index is -0.611. The normalized spacial score (nSPS) is 10.5. The number of carbonyl (C=O) groups excluding carboxylic acids is 1. The average molecular weight is 316 g/mol. The summed E-state index contributed by atoms with van der Waals surface area (Å²) in [5, 5.41) is 23.2. The van der Waals surface area contributed by atoms with E-state index in [9.17, 15) is 15.0 Å². The Morgan fingerprint density at radius 3 is 2.30 bits per heavy atom. The predicted molar refractivity (Wildman–Crippen MR) is 84.4 cm³/mol. The zero-order valence-corrected chi connectivity index (χ0v) is 12.6. The first kappa shape index (κ1) is 16.2. The van der Waals surface area contributed by atoms with Gasteiger partial charge in [0.15, 0.2) is 0 Å². The lowest BCUT2D eigenvalue weighted by Crippen LogP contribution is -2.17. The summed E-state index contributed by atoms with van der Waals surface area (Å²) < 4.78 is 10.0. The van der Waals surface area contributed by atoms with Crippen molar-refractivity contribution in [3.63, 3.8) is 0 Å². The van der Waals surface area contributed by atoms with Crippen molar-refractivity contribution < 1.29 is 24.5 Å². The van der Waals surface area contributed by atoms with Gasteiger partial charge in [0, 0.05) is 5.56 Å². The number of rotatable bonds is 5. The van der Waals surface area contributed by atoms with E-state index in [1.165, 1.54) is 44.7 Å². The number of benzene rings is 2. The molecule has 2 aromatic rings. The molecule has 2 aromatic carbocycles. The van der Waals surface area contributed by atoms with Crippen LogP contribution in [0.15, 0.2) is 41.5 Å². The van der Waals surface area contributed by atoms with Crippen LogP contribution in [0.3, 0.4) is 0 Å². The zero-order valence-electron chi connectivity index (χ0n) is 12.6. The summed E-state index contributed by atoms with van der Waals surface area (Å²) in [7, 11) is 2.96. The molecule has 120 valence electrons. The minimum Gasteiger partial charge on any atom is -0.507 e. The molecule has 7 heteroatoms. The van der Waals surface area contributed by atoms with Crippen molar-refractivity contribution in [3.05, 3.63) is 47.5 Å². The molecule has 0 saturated heterocycles. The van der Waals surface area contributed by atoms with Crippen molar-refractivity contribution >= 4 is 12.1 Å². The first-order valence-corrected chi connectivity index (χ1v) is 6.62. The lowest BCUT2D eigenvalue weighted by Gasteiger charge is -2.06. The van der Waals surface area contributed by atoms with Crippen molar-refractivity contribution in [1.29, 1.82) is 0 Å². The summed E-state index contributed by atoms with van der Waals surface area (Å²) >= 11 is 0. The van der Waals surface area contributed by atoms with Crippen molar-refractivity contribution in [3.8, 4) is 23.0 Å². The second kappa shape index (κ2) is 7.17. The highest BCUT2D eigenvalue weighted by Crippen LogP contribution is 2.23. The molecule has 0 saturated carbocycles. The van der Waals surface area contributed by atoms with Gasteiger partial charge in [-0.15, -0.1) is 0 Å². The zero-order chi connectivity index (χ0) is 16.8. The van der Waals surface area contributed by atoms with Crippen LogP contribution in [0, 0.1) is 0 Å². The average Bonchev–Trinajstić information content (AvgIpc) is 2.56. The predicted octanol–water partition coefficient (Wildman–Crippen LogP) is 1.88. The fraction of sp³-hybridized carbons (Fsp3) is 0.125. The molecular weight excluding hydrogens is 300 g/mol. The molecule has 0 radical (unpaired) electrons. The molecule has 0 heterocycles. The number of carbonyl (C=O) groups is 1. The van der Waals surface area contributed by atoms with Gasteiger partial charge in [0.05, 0.1) is 26.0 Å². The number of nitrogens with one attached hydrogen (secondary N) is 1. The van der Waals surface area contributed by atoms with Gasteiger partial charge in [-0.1, -0.05) is 0 Å². The Kier molecular flexibility index (Phi) is 5.03. The molecule has 0 bridgehead atoms. The van der Waals surface area contributed by atoms with Crippen LogP contribution in [-0.2, 0) is 0 Å². The quantitative estimate of drug-likeness (QED) is 0.577. The second-order valence-electron chi connectivity index (χ2n) is 4.51. The van der Waals surface area contributed by atoms with Crippen LogP contribution in [0.2, 0.25) is 0 Å². The van der Waals surface area contributed by atoms with Gasteiger partial charge >= 0.3 is 0 Å². The van der Waals surface area contributed by atoms with Gasteiger partial charge < -0.3 is 19.7 Å². The molecule has 2 rings (SSSR count). The van der Waals surface area contributed by atoms with Gasteiger partial charge in [-0.2, -0.15) is 5.10 Å². The van der Waals surface area contributed by atoms with Gasteiger partial charge in [-0.05, 0) is 36.4 Å². The summed E-state index contributed by atoms with van der Waals surface area (Å²) in [5.41, 5.74) is 2.67. The number of aromatic hydroxyl groups is 2. The molecule has 1 amide bonds. The van der Waals surface area contributed by atoms with Gasteiger partial charge in [0.25, 0.3) is 5.91 Å². The van der Waals surface area contributed by atoms with Crippen molar-refractivity contribution in [2.24, 2.45) is 5.10 Å². The standard InChI is InChI=1S/C16H16N2O5/c1-22-11-3-5-14(19)10(7-11)9-17-18-16(21)13-8-12(23-2)4-6-15(13)20/h3-9,19-20H,1-2H3,(H,18,21). The Labute approximate surface area is 132 Å². The third-order valence-electron chi connectivity index (χ3n) is 3.05. The van der Waals surface area contributed by atoms with E-state index < -0.39 is 5.91 Å². The third kappa shape index (κ3) is 3.91. The van der Waals surface area contributed by atoms with Gasteiger partial charge in [0.2, 0.25) is 0 Å². The van der Waals surface area contributed by atoms with E-state index in [1.807, 2.05) is 0 Å². The molecule has 0 aliphatic heterocycles. The van der Waals surface area contributed by atoms with E-state index >= 15 is 0 Å². The smallest absolute Gasteiger partial charge is 0.275 e. The van der Waals surface area contributed by atoms with E-state index in [-0.39, 0.29) is 17.1 Å². The Bertz CT molecular complexity index is 743. The van der Waals surface area contributed by atoms with Crippen molar-refractivity contribution in [1.82, 2.24) is 5.43 Å². The molecule has 0 atom stereocenters. The van der Waals surface area contributed by atoms with Gasteiger partial charge in [0.1, 0.15) is 23.0 Å². The topological polar surface area (TPSA) is 100 Å². The highest BCUT2D eigenvalue weighted by molar-refractivity contribution is 5.97. The fourth-order valence-corrected chi connectivity index (χ4v) is 1.81. The summed E-state index contributed by atoms with van der Waals surface area (Å²) in [6.07, 6.45) is 1.27. The summed E-state index contributed by atoms with van der Waals surface area (Å²) in [6.45, 7) is 0. The number of phenols is 2. The molecule has 3 N–H and O–H groups in total. The lowest BCUT2D eigenvalue weighted by atomic mass is 10.2. The van der Waals surface area contributed by atoms with Crippen molar-refractivity contribution in [2.75, 3.05) is 14.2 Å². The highest BCUT2D eigenvalue weighted by atomic mass is 16.5. The molecule has 0 fully saturated rings. The Morgan fingerprint density at radius 2 is 1.65 bits per heavy atom. The van der Waals surface area contributed by atoms with Crippen LogP contribution in [0.5, 0.6) is 23.0 Å². The molecule has 0 unspecified atom stereocenters. The molecule has 0 spiro atoms.